The third kappa shape index (κ3) is 3.58. The van der Waals surface area contributed by atoms with Crippen LogP contribution in [0.2, 0.25) is 0 Å². The second-order valence-electron chi connectivity index (χ2n) is 6.10. The van der Waals surface area contributed by atoms with E-state index in [4.69, 9.17) is 4.74 Å². The molecule has 0 N–H and O–H groups in total. The topological polar surface area (TPSA) is 102 Å². The number of aliphatic carboxylic acids is 1. The molecule has 0 aliphatic carbocycles. The molecule has 0 bridgehead atoms. The highest BCUT2D eigenvalue weighted by molar-refractivity contribution is 5.64. The van der Waals surface area contributed by atoms with Gasteiger partial charge in [-0.05, 0) is 43.5 Å². The van der Waals surface area contributed by atoms with Crippen molar-refractivity contribution >= 4 is 11.6 Å². The number of hydrogen-bond acceptors (Lipinski definition) is 6. The fourth-order valence-corrected chi connectivity index (χ4v) is 2.82. The fourth-order valence-electron chi connectivity index (χ4n) is 2.82. The van der Waals surface area contributed by atoms with Gasteiger partial charge in [0.2, 0.25) is 5.65 Å². The molecule has 0 aliphatic rings. The SMILES string of the molecule is CCOc1ccc(-n2ccn3c(CC(C)CC(=O)[O-])nnc3c2=O)cc1. The Morgan fingerprint density at radius 3 is 2.62 bits per heavy atom. The zero-order valence-electron chi connectivity index (χ0n) is 14.6. The van der Waals surface area contributed by atoms with Crippen LogP contribution in [0.25, 0.3) is 11.3 Å². The lowest BCUT2D eigenvalue weighted by molar-refractivity contribution is -0.306. The predicted octanol–water partition coefficient (Wildman–Crippen LogP) is 0.597. The minimum absolute atomic E-state index is 0.0713. The molecular weight excluding hydrogens is 336 g/mol. The van der Waals surface area contributed by atoms with E-state index in [1.54, 1.807) is 48.0 Å². The molecule has 8 heteroatoms. The van der Waals surface area contributed by atoms with Crippen LogP contribution in [0.4, 0.5) is 0 Å². The highest BCUT2D eigenvalue weighted by Gasteiger charge is 2.14. The molecular formula is C18H19N4O4-. The van der Waals surface area contributed by atoms with Crippen molar-refractivity contribution in [1.29, 1.82) is 0 Å². The molecule has 2 aromatic heterocycles. The number of nitrogens with zero attached hydrogens (tertiary/aromatic N) is 4. The van der Waals surface area contributed by atoms with Crippen LogP contribution in [-0.2, 0) is 11.2 Å². The monoisotopic (exact) mass is 355 g/mol. The maximum absolute atomic E-state index is 12.7. The van der Waals surface area contributed by atoms with Crippen LogP contribution in [0.1, 0.15) is 26.1 Å². The van der Waals surface area contributed by atoms with Gasteiger partial charge in [-0.3, -0.25) is 13.8 Å². The van der Waals surface area contributed by atoms with Crippen molar-refractivity contribution in [2.45, 2.75) is 26.7 Å². The maximum Gasteiger partial charge on any atom is 0.300 e. The Balaban J connectivity index is 1.92. The van der Waals surface area contributed by atoms with Crippen molar-refractivity contribution in [3.8, 4) is 11.4 Å². The quantitative estimate of drug-likeness (QED) is 0.615. The van der Waals surface area contributed by atoms with Gasteiger partial charge in [-0.25, -0.2) is 0 Å². The van der Waals surface area contributed by atoms with Crippen LogP contribution >= 0.6 is 0 Å². The Hall–Kier alpha value is -3.16. The van der Waals surface area contributed by atoms with E-state index in [0.29, 0.717) is 24.5 Å². The van der Waals surface area contributed by atoms with Crippen molar-refractivity contribution in [3.63, 3.8) is 0 Å². The molecule has 26 heavy (non-hydrogen) atoms. The average molecular weight is 355 g/mol. The van der Waals surface area contributed by atoms with Crippen molar-refractivity contribution in [2.75, 3.05) is 6.61 Å². The van der Waals surface area contributed by atoms with Crippen molar-refractivity contribution in [1.82, 2.24) is 19.2 Å². The number of carbonyl (C=O) groups excluding carboxylic acids is 1. The fraction of sp³-hybridized carbons (Fsp3) is 0.333. The zero-order valence-corrected chi connectivity index (χ0v) is 14.6. The third-order valence-corrected chi connectivity index (χ3v) is 4.01. The second kappa shape index (κ2) is 7.38. The van der Waals surface area contributed by atoms with E-state index in [0.717, 1.165) is 5.75 Å². The number of hydrogen-bond donors (Lipinski definition) is 0. The normalized spacial score (nSPS) is 12.2. The van der Waals surface area contributed by atoms with E-state index in [-0.39, 0.29) is 23.5 Å². The van der Waals surface area contributed by atoms with E-state index < -0.39 is 5.97 Å². The Morgan fingerprint density at radius 1 is 1.23 bits per heavy atom. The largest absolute Gasteiger partial charge is 0.550 e. The molecule has 1 aromatic carbocycles. The summed E-state index contributed by atoms with van der Waals surface area (Å²) in [5.41, 5.74) is 0.579. The first kappa shape index (κ1) is 17.7. The standard InChI is InChI=1S/C18H20N4O4/c1-3-26-14-6-4-13(5-7-14)21-8-9-22-15(10-12(2)11-16(23)24)19-20-17(22)18(21)25/h4-9,12H,3,10-11H2,1-2H3,(H,23,24)/p-1. The van der Waals surface area contributed by atoms with Gasteiger partial charge in [0, 0.05) is 30.5 Å². The molecule has 8 nitrogen and oxygen atoms in total. The average Bonchev–Trinajstić information content (AvgIpc) is 2.99. The van der Waals surface area contributed by atoms with Gasteiger partial charge < -0.3 is 14.6 Å². The summed E-state index contributed by atoms with van der Waals surface area (Å²) in [6.45, 7) is 4.27. The van der Waals surface area contributed by atoms with Crippen molar-refractivity contribution in [3.05, 3.63) is 52.8 Å². The molecule has 3 rings (SSSR count). The van der Waals surface area contributed by atoms with Gasteiger partial charge >= 0.3 is 5.56 Å². The minimum Gasteiger partial charge on any atom is -0.550 e. The Morgan fingerprint density at radius 2 is 1.96 bits per heavy atom. The Kier molecular flexibility index (Phi) is 5.01. The van der Waals surface area contributed by atoms with Crippen LogP contribution in [0, 0.1) is 5.92 Å². The minimum atomic E-state index is -1.11. The number of carboxylic acid groups (broad SMARTS) is 1. The van der Waals surface area contributed by atoms with E-state index in [1.165, 1.54) is 4.57 Å². The summed E-state index contributed by atoms with van der Waals surface area (Å²) in [7, 11) is 0. The summed E-state index contributed by atoms with van der Waals surface area (Å²) in [6, 6.07) is 7.18. The van der Waals surface area contributed by atoms with Crippen LogP contribution < -0.4 is 15.4 Å². The molecule has 0 aliphatic heterocycles. The highest BCUT2D eigenvalue weighted by atomic mass is 16.5. The maximum atomic E-state index is 12.7. The van der Waals surface area contributed by atoms with E-state index in [9.17, 15) is 14.7 Å². The molecule has 2 heterocycles. The molecule has 0 fully saturated rings. The van der Waals surface area contributed by atoms with Gasteiger partial charge in [0.15, 0.2) is 0 Å². The first-order chi connectivity index (χ1) is 12.5. The first-order valence-corrected chi connectivity index (χ1v) is 8.38. The molecule has 0 spiro atoms. The van der Waals surface area contributed by atoms with Gasteiger partial charge in [-0.2, -0.15) is 0 Å². The molecule has 0 saturated carbocycles. The van der Waals surface area contributed by atoms with Gasteiger partial charge in [-0.1, -0.05) is 6.92 Å². The number of ether oxygens (including phenoxy) is 1. The lowest BCUT2D eigenvalue weighted by Gasteiger charge is -2.11. The summed E-state index contributed by atoms with van der Waals surface area (Å²) in [5.74, 6) is 0.00635. The molecule has 136 valence electrons. The summed E-state index contributed by atoms with van der Waals surface area (Å²) in [4.78, 5) is 23.4. The second-order valence-corrected chi connectivity index (χ2v) is 6.10. The smallest absolute Gasteiger partial charge is 0.300 e. The molecule has 1 atom stereocenters. The molecule has 3 aromatic rings. The number of benzene rings is 1. The van der Waals surface area contributed by atoms with Crippen molar-refractivity contribution < 1.29 is 14.6 Å². The third-order valence-electron chi connectivity index (χ3n) is 4.01. The van der Waals surface area contributed by atoms with E-state index >= 15 is 0 Å². The van der Waals surface area contributed by atoms with Crippen LogP contribution in [0.3, 0.4) is 0 Å². The van der Waals surface area contributed by atoms with Crippen LogP contribution in [-0.4, -0.2) is 31.7 Å². The summed E-state index contributed by atoms with van der Waals surface area (Å²) in [5, 5.41) is 18.7. The summed E-state index contributed by atoms with van der Waals surface area (Å²) in [6.07, 6.45) is 3.66. The van der Waals surface area contributed by atoms with E-state index in [1.807, 2.05) is 6.92 Å². The number of carboxylic acids is 1. The first-order valence-electron chi connectivity index (χ1n) is 8.38. The molecule has 0 amide bonds. The number of fused-ring (bicyclic) bond motifs is 1. The molecule has 0 radical (unpaired) electrons. The van der Waals surface area contributed by atoms with Crippen LogP contribution in [0.15, 0.2) is 41.5 Å². The Labute approximate surface area is 149 Å². The zero-order chi connectivity index (χ0) is 18.7. The van der Waals surface area contributed by atoms with E-state index in [2.05, 4.69) is 10.2 Å². The molecule has 0 saturated heterocycles. The summed E-state index contributed by atoms with van der Waals surface area (Å²) < 4.78 is 8.48. The lowest BCUT2D eigenvalue weighted by atomic mass is 10.0. The number of rotatable bonds is 7. The van der Waals surface area contributed by atoms with Gasteiger partial charge in [-0.15, -0.1) is 10.2 Å². The van der Waals surface area contributed by atoms with Gasteiger partial charge in [0.25, 0.3) is 0 Å². The Bertz CT molecular complexity index is 975. The van der Waals surface area contributed by atoms with Gasteiger partial charge in [0.05, 0.1) is 6.61 Å². The number of carbonyl (C=O) groups is 1. The number of aromatic nitrogens is 4. The van der Waals surface area contributed by atoms with Crippen LogP contribution in [0.5, 0.6) is 5.75 Å². The lowest BCUT2D eigenvalue weighted by Crippen LogP contribution is -2.25. The van der Waals surface area contributed by atoms with Crippen molar-refractivity contribution in [2.24, 2.45) is 5.92 Å². The van der Waals surface area contributed by atoms with Gasteiger partial charge in [0.1, 0.15) is 11.6 Å². The summed E-state index contributed by atoms with van der Waals surface area (Å²) >= 11 is 0. The molecule has 1 unspecified atom stereocenters. The predicted molar refractivity (Wildman–Crippen MR) is 92.2 cm³/mol. The highest BCUT2D eigenvalue weighted by Crippen LogP contribution is 2.15.